The van der Waals surface area contributed by atoms with Gasteiger partial charge in [0.15, 0.2) is 0 Å². The van der Waals surface area contributed by atoms with Crippen LogP contribution in [0.25, 0.3) is 0 Å². The first-order chi connectivity index (χ1) is 9.35. The first kappa shape index (κ1) is 15.5. The summed E-state index contributed by atoms with van der Waals surface area (Å²) in [6.07, 6.45) is 1.40. The summed E-state index contributed by atoms with van der Waals surface area (Å²) in [5, 5.41) is 10.2. The molecule has 1 aromatic rings. The third-order valence-corrected chi connectivity index (χ3v) is 5.25. The SMILES string of the molecule is O=[N+]([O-])c1c(Cl)ccc(S(=O)(=O)N2CCCCO2)c1Cl. The molecule has 0 radical (unpaired) electrons. The Balaban J connectivity index is 2.52. The third kappa shape index (κ3) is 2.75. The number of nitro benzene ring substituents is 1. The van der Waals surface area contributed by atoms with Gasteiger partial charge in [-0.1, -0.05) is 27.7 Å². The molecule has 1 aliphatic heterocycles. The van der Waals surface area contributed by atoms with Gasteiger partial charge < -0.3 is 0 Å². The zero-order chi connectivity index (χ0) is 14.9. The zero-order valence-corrected chi connectivity index (χ0v) is 12.4. The second-order valence-electron chi connectivity index (χ2n) is 4.04. The predicted molar refractivity (Wildman–Crippen MR) is 72.2 cm³/mol. The van der Waals surface area contributed by atoms with Crippen molar-refractivity contribution in [2.75, 3.05) is 13.2 Å². The Hall–Kier alpha value is -0.930. The van der Waals surface area contributed by atoms with Crippen LogP contribution in [0.1, 0.15) is 12.8 Å². The minimum atomic E-state index is -4.05. The van der Waals surface area contributed by atoms with Gasteiger partial charge in [0.1, 0.15) is 14.9 Å². The van der Waals surface area contributed by atoms with E-state index in [2.05, 4.69) is 0 Å². The van der Waals surface area contributed by atoms with Gasteiger partial charge in [-0.05, 0) is 25.0 Å². The molecule has 1 fully saturated rings. The van der Waals surface area contributed by atoms with E-state index in [1.165, 1.54) is 0 Å². The van der Waals surface area contributed by atoms with Crippen molar-refractivity contribution in [2.45, 2.75) is 17.7 Å². The normalized spacial score (nSPS) is 17.1. The quantitative estimate of drug-likeness (QED) is 0.623. The Bertz CT molecular complexity index is 643. The van der Waals surface area contributed by atoms with Crippen molar-refractivity contribution >= 4 is 38.9 Å². The lowest BCUT2D eigenvalue weighted by Crippen LogP contribution is -2.35. The van der Waals surface area contributed by atoms with E-state index in [0.29, 0.717) is 6.42 Å². The van der Waals surface area contributed by atoms with Gasteiger partial charge in [-0.15, -0.1) is 0 Å². The number of benzene rings is 1. The fourth-order valence-corrected chi connectivity index (χ4v) is 3.93. The monoisotopic (exact) mass is 340 g/mol. The average molecular weight is 341 g/mol. The van der Waals surface area contributed by atoms with Gasteiger partial charge in [-0.2, -0.15) is 0 Å². The smallest absolute Gasteiger partial charge is 0.284 e. The van der Waals surface area contributed by atoms with Gasteiger partial charge >= 0.3 is 5.69 Å². The molecule has 110 valence electrons. The first-order valence-corrected chi connectivity index (χ1v) is 7.83. The van der Waals surface area contributed by atoms with Crippen molar-refractivity contribution in [3.05, 3.63) is 32.3 Å². The number of hydrogen-bond acceptors (Lipinski definition) is 5. The van der Waals surface area contributed by atoms with Gasteiger partial charge in [0.25, 0.3) is 10.0 Å². The fourth-order valence-electron chi connectivity index (χ4n) is 1.76. The van der Waals surface area contributed by atoms with E-state index < -0.39 is 30.6 Å². The molecule has 1 aliphatic rings. The third-order valence-electron chi connectivity index (χ3n) is 2.73. The summed E-state index contributed by atoms with van der Waals surface area (Å²) in [5.41, 5.74) is -0.633. The maximum Gasteiger partial charge on any atom is 0.307 e. The average Bonchev–Trinajstić information content (AvgIpc) is 2.39. The van der Waals surface area contributed by atoms with Crippen LogP contribution >= 0.6 is 23.2 Å². The van der Waals surface area contributed by atoms with Crippen LogP contribution in [0, 0.1) is 10.1 Å². The van der Waals surface area contributed by atoms with Gasteiger partial charge in [0.05, 0.1) is 11.5 Å². The summed E-state index contributed by atoms with van der Waals surface area (Å²) in [4.78, 5) is 14.8. The maximum atomic E-state index is 12.3. The molecule has 1 aromatic carbocycles. The lowest BCUT2D eigenvalue weighted by atomic mass is 10.3. The molecule has 0 aliphatic carbocycles. The van der Waals surface area contributed by atoms with Gasteiger partial charge in [-0.25, -0.2) is 8.42 Å². The highest BCUT2D eigenvalue weighted by molar-refractivity contribution is 7.89. The summed E-state index contributed by atoms with van der Waals surface area (Å²) in [7, 11) is -4.05. The molecule has 20 heavy (non-hydrogen) atoms. The zero-order valence-electron chi connectivity index (χ0n) is 10.1. The van der Waals surface area contributed by atoms with Crippen molar-refractivity contribution in [1.29, 1.82) is 0 Å². The Morgan fingerprint density at radius 3 is 2.55 bits per heavy atom. The van der Waals surface area contributed by atoms with Crippen LogP contribution in [0.3, 0.4) is 0 Å². The number of sulfonamides is 1. The molecule has 7 nitrogen and oxygen atoms in total. The van der Waals surface area contributed by atoms with Crippen LogP contribution in [0.4, 0.5) is 5.69 Å². The first-order valence-electron chi connectivity index (χ1n) is 5.63. The van der Waals surface area contributed by atoms with Crippen LogP contribution in [-0.2, 0) is 14.9 Å². The molecule has 0 N–H and O–H groups in total. The number of hydroxylamine groups is 1. The molecule has 2 rings (SSSR count). The summed E-state index contributed by atoms with van der Waals surface area (Å²) in [6.45, 7) is 0.446. The van der Waals surface area contributed by atoms with Crippen molar-refractivity contribution < 1.29 is 18.2 Å². The molecule has 0 aromatic heterocycles. The van der Waals surface area contributed by atoms with Crippen molar-refractivity contribution in [1.82, 2.24) is 4.47 Å². The Kier molecular flexibility index (Phi) is 4.50. The molecule has 0 unspecified atom stereocenters. The highest BCUT2D eigenvalue weighted by Crippen LogP contribution is 2.38. The fraction of sp³-hybridized carbons (Fsp3) is 0.400. The summed E-state index contributed by atoms with van der Waals surface area (Å²) < 4.78 is 25.5. The highest BCUT2D eigenvalue weighted by atomic mass is 35.5. The second kappa shape index (κ2) is 5.82. The van der Waals surface area contributed by atoms with Gasteiger partial charge in [0, 0.05) is 6.54 Å². The molecule has 10 heteroatoms. The molecule has 0 atom stereocenters. The number of halogens is 2. The van der Waals surface area contributed by atoms with Gasteiger partial charge in [-0.3, -0.25) is 15.0 Å². The van der Waals surface area contributed by atoms with Crippen LogP contribution in [0.5, 0.6) is 0 Å². The van der Waals surface area contributed by atoms with E-state index in [4.69, 9.17) is 28.0 Å². The largest absolute Gasteiger partial charge is 0.307 e. The second-order valence-corrected chi connectivity index (χ2v) is 6.62. The van der Waals surface area contributed by atoms with Crippen LogP contribution in [-0.4, -0.2) is 31.0 Å². The summed E-state index contributed by atoms with van der Waals surface area (Å²) in [5.74, 6) is 0. The molecule has 1 saturated heterocycles. The minimum Gasteiger partial charge on any atom is -0.284 e. The van der Waals surface area contributed by atoms with Crippen LogP contribution < -0.4 is 0 Å². The summed E-state index contributed by atoms with van der Waals surface area (Å²) in [6, 6.07) is 2.26. The van der Waals surface area contributed by atoms with E-state index in [-0.39, 0.29) is 18.2 Å². The van der Waals surface area contributed by atoms with E-state index in [1.807, 2.05) is 0 Å². The van der Waals surface area contributed by atoms with Gasteiger partial charge in [0.2, 0.25) is 0 Å². The number of nitrogens with zero attached hydrogens (tertiary/aromatic N) is 2. The topological polar surface area (TPSA) is 89.8 Å². The van der Waals surface area contributed by atoms with E-state index in [9.17, 15) is 18.5 Å². The van der Waals surface area contributed by atoms with Crippen molar-refractivity contribution in [2.24, 2.45) is 0 Å². The molecule has 1 heterocycles. The Morgan fingerprint density at radius 2 is 2.00 bits per heavy atom. The van der Waals surface area contributed by atoms with Crippen LogP contribution in [0.2, 0.25) is 10.0 Å². The Labute approximate surface area is 125 Å². The molecule has 0 amide bonds. The number of rotatable bonds is 3. The van der Waals surface area contributed by atoms with Crippen molar-refractivity contribution in [3.8, 4) is 0 Å². The molecular weight excluding hydrogens is 331 g/mol. The van der Waals surface area contributed by atoms with Crippen LogP contribution in [0.15, 0.2) is 17.0 Å². The van der Waals surface area contributed by atoms with E-state index in [1.54, 1.807) is 0 Å². The number of hydrogen-bond donors (Lipinski definition) is 0. The summed E-state index contributed by atoms with van der Waals surface area (Å²) >= 11 is 11.5. The number of nitro groups is 1. The molecular formula is C10H10Cl2N2O5S. The molecule has 0 saturated carbocycles. The van der Waals surface area contributed by atoms with Crippen molar-refractivity contribution in [3.63, 3.8) is 0 Å². The van der Waals surface area contributed by atoms with E-state index in [0.717, 1.165) is 23.0 Å². The van der Waals surface area contributed by atoms with E-state index >= 15 is 0 Å². The molecule has 0 spiro atoms. The maximum absolute atomic E-state index is 12.3. The standard InChI is InChI=1S/C10H10Cl2N2O5S/c11-7-3-4-8(9(12)10(7)14(15)16)20(17,18)13-5-1-2-6-19-13/h3-4H,1-2,5-6H2. The lowest BCUT2D eigenvalue weighted by molar-refractivity contribution is -0.384. The Morgan fingerprint density at radius 1 is 1.30 bits per heavy atom. The lowest BCUT2D eigenvalue weighted by Gasteiger charge is -2.25. The molecule has 0 bridgehead atoms. The highest BCUT2D eigenvalue weighted by Gasteiger charge is 2.33. The minimum absolute atomic E-state index is 0.176. The predicted octanol–water partition coefficient (Wildman–Crippen LogP) is 2.62.